The van der Waals surface area contributed by atoms with E-state index in [9.17, 15) is 9.59 Å². The van der Waals surface area contributed by atoms with E-state index >= 15 is 0 Å². The third-order valence-electron chi connectivity index (χ3n) is 1.63. The zero-order valence-electron chi connectivity index (χ0n) is 10.3. The van der Waals surface area contributed by atoms with Crippen molar-refractivity contribution in [2.75, 3.05) is 0 Å². The molecule has 16 heavy (non-hydrogen) atoms. The van der Waals surface area contributed by atoms with Gasteiger partial charge in [0.05, 0.1) is 0 Å². The Morgan fingerprint density at radius 2 is 2.00 bits per heavy atom. The van der Waals surface area contributed by atoms with Crippen LogP contribution in [-0.2, 0) is 14.3 Å². The summed E-state index contributed by atoms with van der Waals surface area (Å²) in [6.45, 7) is 6.91. The first-order valence-corrected chi connectivity index (χ1v) is 5.22. The Labute approximate surface area is 96.7 Å². The molecule has 4 nitrogen and oxygen atoms in total. The standard InChI is InChI=1S/C12H19NO3/c1-6-7-8-10(14)13-9(2)11(15)16-12(3,4)5/h1,9H,7-8H2,2-5H3,(H,13,14)/t9-/m1/s1. The summed E-state index contributed by atoms with van der Waals surface area (Å²) >= 11 is 0. The van der Waals surface area contributed by atoms with Crippen molar-refractivity contribution in [2.45, 2.75) is 52.2 Å². The molecule has 0 bridgehead atoms. The summed E-state index contributed by atoms with van der Waals surface area (Å²) in [6, 6.07) is -0.649. The Morgan fingerprint density at radius 1 is 1.44 bits per heavy atom. The molecule has 0 saturated heterocycles. The average molecular weight is 225 g/mol. The quantitative estimate of drug-likeness (QED) is 0.578. The van der Waals surface area contributed by atoms with Crippen LogP contribution in [0.1, 0.15) is 40.5 Å². The highest BCUT2D eigenvalue weighted by atomic mass is 16.6. The maximum atomic E-state index is 11.5. The van der Waals surface area contributed by atoms with E-state index < -0.39 is 17.6 Å². The summed E-state index contributed by atoms with van der Waals surface area (Å²) in [7, 11) is 0. The molecule has 0 aliphatic rings. The van der Waals surface area contributed by atoms with E-state index in [1.165, 1.54) is 0 Å². The Kier molecular flexibility index (Phi) is 5.59. The number of carbonyl (C=O) groups excluding carboxylic acids is 2. The zero-order valence-corrected chi connectivity index (χ0v) is 10.3. The van der Waals surface area contributed by atoms with Crippen molar-refractivity contribution in [3.63, 3.8) is 0 Å². The van der Waals surface area contributed by atoms with Gasteiger partial charge in [-0.25, -0.2) is 4.79 Å². The minimum absolute atomic E-state index is 0.226. The maximum Gasteiger partial charge on any atom is 0.328 e. The maximum absolute atomic E-state index is 11.5. The van der Waals surface area contributed by atoms with Crippen LogP contribution >= 0.6 is 0 Å². The average Bonchev–Trinajstić information content (AvgIpc) is 2.11. The van der Waals surface area contributed by atoms with Crippen LogP contribution in [0.25, 0.3) is 0 Å². The predicted octanol–water partition coefficient (Wildman–Crippen LogP) is 1.25. The molecule has 0 aromatic rings. The van der Waals surface area contributed by atoms with Gasteiger partial charge in [0.15, 0.2) is 0 Å². The molecule has 1 amide bonds. The molecule has 0 heterocycles. The van der Waals surface area contributed by atoms with Crippen LogP contribution in [0.15, 0.2) is 0 Å². The van der Waals surface area contributed by atoms with Crippen LogP contribution in [0.3, 0.4) is 0 Å². The van der Waals surface area contributed by atoms with Crippen LogP contribution in [0.5, 0.6) is 0 Å². The molecule has 0 rings (SSSR count). The molecule has 0 aliphatic carbocycles. The van der Waals surface area contributed by atoms with Gasteiger partial charge in [0.25, 0.3) is 0 Å². The number of terminal acetylenes is 1. The van der Waals surface area contributed by atoms with E-state index in [4.69, 9.17) is 11.2 Å². The molecule has 0 aromatic heterocycles. The van der Waals surface area contributed by atoms with E-state index in [1.54, 1.807) is 27.7 Å². The number of nitrogens with one attached hydrogen (secondary N) is 1. The van der Waals surface area contributed by atoms with Gasteiger partial charge in [-0.1, -0.05) is 0 Å². The second kappa shape index (κ2) is 6.16. The van der Waals surface area contributed by atoms with Crippen LogP contribution < -0.4 is 5.32 Å². The molecular weight excluding hydrogens is 206 g/mol. The third kappa shape index (κ3) is 6.88. The third-order valence-corrected chi connectivity index (χ3v) is 1.63. The van der Waals surface area contributed by atoms with Crippen molar-refractivity contribution in [1.29, 1.82) is 0 Å². The highest BCUT2D eigenvalue weighted by Gasteiger charge is 2.22. The molecular formula is C12H19NO3. The Balaban J connectivity index is 4.06. The molecule has 1 atom stereocenters. The highest BCUT2D eigenvalue weighted by molar-refractivity contribution is 5.84. The van der Waals surface area contributed by atoms with Gasteiger partial charge in [0, 0.05) is 12.8 Å². The normalized spacial score (nSPS) is 12.4. The van der Waals surface area contributed by atoms with Crippen LogP contribution in [0.2, 0.25) is 0 Å². The number of esters is 1. The van der Waals surface area contributed by atoms with Crippen LogP contribution in [-0.4, -0.2) is 23.5 Å². The smallest absolute Gasteiger partial charge is 0.328 e. The fraction of sp³-hybridized carbons (Fsp3) is 0.667. The molecule has 1 N–H and O–H groups in total. The van der Waals surface area contributed by atoms with Crippen LogP contribution in [0.4, 0.5) is 0 Å². The van der Waals surface area contributed by atoms with E-state index in [-0.39, 0.29) is 12.3 Å². The van der Waals surface area contributed by atoms with Gasteiger partial charge >= 0.3 is 5.97 Å². The highest BCUT2D eigenvalue weighted by Crippen LogP contribution is 2.08. The second-order valence-corrected chi connectivity index (χ2v) is 4.53. The van der Waals surface area contributed by atoms with Crippen molar-refractivity contribution >= 4 is 11.9 Å². The number of carbonyl (C=O) groups is 2. The van der Waals surface area contributed by atoms with Gasteiger partial charge in [-0.05, 0) is 27.7 Å². The van der Waals surface area contributed by atoms with Crippen molar-refractivity contribution in [1.82, 2.24) is 5.32 Å². The minimum atomic E-state index is -0.649. The molecule has 0 spiro atoms. The Hall–Kier alpha value is -1.50. The molecule has 0 aliphatic heterocycles. The van der Waals surface area contributed by atoms with Gasteiger partial charge in [0.1, 0.15) is 11.6 Å². The zero-order chi connectivity index (χ0) is 12.8. The lowest BCUT2D eigenvalue weighted by Crippen LogP contribution is -2.42. The summed E-state index contributed by atoms with van der Waals surface area (Å²) in [4.78, 5) is 22.8. The largest absolute Gasteiger partial charge is 0.458 e. The first kappa shape index (κ1) is 14.5. The van der Waals surface area contributed by atoms with Crippen LogP contribution in [0, 0.1) is 12.3 Å². The number of ether oxygens (including phenoxy) is 1. The molecule has 0 radical (unpaired) electrons. The summed E-state index contributed by atoms with van der Waals surface area (Å²) in [5.41, 5.74) is -0.547. The second-order valence-electron chi connectivity index (χ2n) is 4.53. The van der Waals surface area contributed by atoms with Gasteiger partial charge in [-0.15, -0.1) is 12.3 Å². The summed E-state index contributed by atoms with van der Waals surface area (Å²) < 4.78 is 5.11. The molecule has 0 fully saturated rings. The summed E-state index contributed by atoms with van der Waals surface area (Å²) in [5.74, 6) is 1.68. The van der Waals surface area contributed by atoms with E-state index in [0.717, 1.165) is 0 Å². The fourth-order valence-corrected chi connectivity index (χ4v) is 0.948. The Bertz CT molecular complexity index is 296. The topological polar surface area (TPSA) is 55.4 Å². The monoisotopic (exact) mass is 225 g/mol. The molecule has 0 aromatic carbocycles. The van der Waals surface area contributed by atoms with Gasteiger partial charge in [-0.3, -0.25) is 4.79 Å². The molecule has 0 unspecified atom stereocenters. The van der Waals surface area contributed by atoms with E-state index in [0.29, 0.717) is 6.42 Å². The number of hydrogen-bond donors (Lipinski definition) is 1. The lowest BCUT2D eigenvalue weighted by Gasteiger charge is -2.22. The molecule has 0 saturated carbocycles. The van der Waals surface area contributed by atoms with Gasteiger partial charge in [0.2, 0.25) is 5.91 Å². The first-order chi connectivity index (χ1) is 7.26. The van der Waals surface area contributed by atoms with Crippen molar-refractivity contribution in [3.8, 4) is 12.3 Å². The number of hydrogen-bond acceptors (Lipinski definition) is 3. The van der Waals surface area contributed by atoms with Crippen molar-refractivity contribution in [2.24, 2.45) is 0 Å². The predicted molar refractivity (Wildman–Crippen MR) is 61.5 cm³/mol. The van der Waals surface area contributed by atoms with Crippen molar-refractivity contribution < 1.29 is 14.3 Å². The summed E-state index contributed by atoms with van der Waals surface area (Å²) in [6.07, 6.45) is 5.62. The van der Waals surface area contributed by atoms with E-state index in [2.05, 4.69) is 11.2 Å². The number of amides is 1. The first-order valence-electron chi connectivity index (χ1n) is 5.22. The Morgan fingerprint density at radius 3 is 2.44 bits per heavy atom. The number of rotatable bonds is 4. The lowest BCUT2D eigenvalue weighted by molar-refractivity contribution is -0.158. The SMILES string of the molecule is C#CCCC(=O)N[C@H](C)C(=O)OC(C)(C)C. The van der Waals surface area contributed by atoms with Crippen molar-refractivity contribution in [3.05, 3.63) is 0 Å². The lowest BCUT2D eigenvalue weighted by atomic mass is 10.2. The fourth-order valence-electron chi connectivity index (χ4n) is 0.948. The molecule has 4 heteroatoms. The molecule has 90 valence electrons. The van der Waals surface area contributed by atoms with E-state index in [1.807, 2.05) is 0 Å². The summed E-state index contributed by atoms with van der Waals surface area (Å²) in [5, 5.41) is 2.53. The van der Waals surface area contributed by atoms with Gasteiger partial charge in [-0.2, -0.15) is 0 Å². The minimum Gasteiger partial charge on any atom is -0.458 e. The van der Waals surface area contributed by atoms with Gasteiger partial charge < -0.3 is 10.1 Å².